The van der Waals surface area contributed by atoms with E-state index >= 15 is 0 Å². The predicted octanol–water partition coefficient (Wildman–Crippen LogP) is 6.76. The first-order valence-corrected chi connectivity index (χ1v) is 11.0. The summed E-state index contributed by atoms with van der Waals surface area (Å²) in [7, 11) is 0. The van der Waals surface area contributed by atoms with Gasteiger partial charge in [0.25, 0.3) is 0 Å². The third kappa shape index (κ3) is 6.33. The predicted molar refractivity (Wildman–Crippen MR) is 132 cm³/mol. The molecule has 0 radical (unpaired) electrons. The number of ketones is 1. The van der Waals surface area contributed by atoms with Gasteiger partial charge in [-0.25, -0.2) is 0 Å². The van der Waals surface area contributed by atoms with E-state index in [9.17, 15) is 4.79 Å². The molecule has 3 nitrogen and oxygen atoms in total. The minimum Gasteiger partial charge on any atom is -0.355 e. The second kappa shape index (κ2) is 11.3. The number of carbonyl (C=O) groups excluding carboxylic acids is 1. The molecule has 4 rings (SSSR count). The zero-order chi connectivity index (χ0) is 20.8. The summed E-state index contributed by atoms with van der Waals surface area (Å²) in [6, 6.07) is 23.2. The van der Waals surface area contributed by atoms with Crippen LogP contribution in [0.2, 0.25) is 5.02 Å². The summed E-state index contributed by atoms with van der Waals surface area (Å²) in [4.78, 5) is 15.6. The van der Waals surface area contributed by atoms with Crippen molar-refractivity contribution in [1.82, 2.24) is 4.90 Å². The minimum atomic E-state index is -0.0428. The van der Waals surface area contributed by atoms with Gasteiger partial charge in [0.1, 0.15) is 0 Å². The second-order valence-corrected chi connectivity index (χ2v) is 8.30. The van der Waals surface area contributed by atoms with Crippen molar-refractivity contribution in [3.05, 3.63) is 94.5 Å². The molecule has 1 aliphatic rings. The summed E-state index contributed by atoms with van der Waals surface area (Å²) in [6.07, 6.45) is 5.09. The quantitative estimate of drug-likeness (QED) is 0.399. The lowest BCUT2D eigenvalue weighted by Crippen LogP contribution is -2.31. The first kappa shape index (κ1) is 23.3. The van der Waals surface area contributed by atoms with Crippen LogP contribution >= 0.6 is 24.0 Å². The lowest BCUT2D eigenvalue weighted by atomic mass is 10.0. The van der Waals surface area contributed by atoms with E-state index in [-0.39, 0.29) is 18.2 Å². The van der Waals surface area contributed by atoms with Crippen molar-refractivity contribution in [2.24, 2.45) is 0 Å². The second-order valence-electron chi connectivity index (χ2n) is 7.86. The fraction of sp³-hybridized carbons (Fsp3) is 0.269. The molecule has 1 aliphatic heterocycles. The number of nitrogens with zero attached hydrogens (tertiary/aromatic N) is 1. The summed E-state index contributed by atoms with van der Waals surface area (Å²) in [5, 5.41) is 3.94. The Hall–Kier alpha value is -2.33. The van der Waals surface area contributed by atoms with E-state index in [2.05, 4.69) is 34.5 Å². The number of carbonyl (C=O) groups is 1. The molecule has 0 aliphatic carbocycles. The highest BCUT2D eigenvalue weighted by Crippen LogP contribution is 2.27. The molecule has 3 aromatic carbocycles. The third-order valence-electron chi connectivity index (χ3n) is 5.66. The monoisotopic (exact) mass is 454 g/mol. The Labute approximate surface area is 195 Å². The number of hydrogen-bond donors (Lipinski definition) is 1. The Morgan fingerprint density at radius 1 is 0.903 bits per heavy atom. The van der Waals surface area contributed by atoms with Crippen LogP contribution in [0.1, 0.15) is 40.7 Å². The van der Waals surface area contributed by atoms with Gasteiger partial charge < -0.3 is 10.2 Å². The van der Waals surface area contributed by atoms with Crippen LogP contribution in [0.5, 0.6) is 0 Å². The maximum Gasteiger partial charge on any atom is 0.195 e. The van der Waals surface area contributed by atoms with Crippen molar-refractivity contribution < 1.29 is 4.79 Å². The molecule has 0 aromatic heterocycles. The van der Waals surface area contributed by atoms with Gasteiger partial charge in [-0.05, 0) is 68.2 Å². The standard InChI is InChI=1S/C26H27ClN2O.ClH/c27-22-11-14-25(24(19-22)26(30)21-7-3-1-4-8-21)28-23-12-9-20(10-13-23)15-18-29-16-5-2-6-17-29;/h1,3-4,7-14,19,28H,2,5-6,15-18H2;1H. The van der Waals surface area contributed by atoms with Crippen LogP contribution in [-0.4, -0.2) is 30.3 Å². The van der Waals surface area contributed by atoms with Crippen LogP contribution in [0.3, 0.4) is 0 Å². The Morgan fingerprint density at radius 2 is 1.61 bits per heavy atom. The number of halogens is 2. The van der Waals surface area contributed by atoms with Crippen LogP contribution in [0.4, 0.5) is 11.4 Å². The van der Waals surface area contributed by atoms with Gasteiger partial charge in [0, 0.05) is 34.1 Å². The van der Waals surface area contributed by atoms with E-state index in [0.29, 0.717) is 16.1 Å². The molecule has 0 amide bonds. The van der Waals surface area contributed by atoms with E-state index in [1.807, 2.05) is 36.4 Å². The average molecular weight is 455 g/mol. The Kier molecular flexibility index (Phi) is 8.53. The SMILES string of the molecule is Cl.O=C(c1ccccc1)c1cc(Cl)ccc1Nc1ccc(CCN2CCCCC2)cc1. The van der Waals surface area contributed by atoms with Crippen molar-refractivity contribution in [3.8, 4) is 0 Å². The summed E-state index contributed by atoms with van der Waals surface area (Å²) in [5.74, 6) is -0.0428. The summed E-state index contributed by atoms with van der Waals surface area (Å²) < 4.78 is 0. The molecule has 0 saturated carbocycles. The molecule has 1 saturated heterocycles. The molecule has 1 N–H and O–H groups in total. The third-order valence-corrected chi connectivity index (χ3v) is 5.90. The fourth-order valence-electron chi connectivity index (χ4n) is 3.94. The Morgan fingerprint density at radius 3 is 2.32 bits per heavy atom. The minimum absolute atomic E-state index is 0. The van der Waals surface area contributed by atoms with Crippen molar-refractivity contribution in [3.63, 3.8) is 0 Å². The Balaban J connectivity index is 0.00000272. The van der Waals surface area contributed by atoms with E-state index in [1.54, 1.807) is 12.1 Å². The molecule has 0 spiro atoms. The normalized spacial score (nSPS) is 14.0. The van der Waals surface area contributed by atoms with Crippen LogP contribution in [0.25, 0.3) is 0 Å². The van der Waals surface area contributed by atoms with Gasteiger partial charge in [-0.3, -0.25) is 4.79 Å². The van der Waals surface area contributed by atoms with Crippen LogP contribution < -0.4 is 5.32 Å². The van der Waals surface area contributed by atoms with Crippen LogP contribution in [-0.2, 0) is 6.42 Å². The number of anilines is 2. The molecule has 0 unspecified atom stereocenters. The summed E-state index contributed by atoms with van der Waals surface area (Å²) in [5.41, 5.74) is 4.28. The van der Waals surface area contributed by atoms with Crippen molar-refractivity contribution in [2.75, 3.05) is 25.0 Å². The fourth-order valence-corrected chi connectivity index (χ4v) is 4.11. The average Bonchev–Trinajstić information content (AvgIpc) is 2.80. The maximum absolute atomic E-state index is 13.0. The zero-order valence-corrected chi connectivity index (χ0v) is 19.1. The molecule has 0 bridgehead atoms. The van der Waals surface area contributed by atoms with Crippen molar-refractivity contribution >= 4 is 41.2 Å². The molecule has 5 heteroatoms. The molecular weight excluding hydrogens is 427 g/mol. The molecule has 0 atom stereocenters. The molecule has 1 fully saturated rings. The zero-order valence-electron chi connectivity index (χ0n) is 17.5. The highest BCUT2D eigenvalue weighted by atomic mass is 35.5. The van der Waals surface area contributed by atoms with E-state index in [1.165, 1.54) is 37.9 Å². The highest BCUT2D eigenvalue weighted by Gasteiger charge is 2.15. The van der Waals surface area contributed by atoms with Gasteiger partial charge in [-0.1, -0.05) is 60.5 Å². The first-order valence-electron chi connectivity index (χ1n) is 10.7. The van der Waals surface area contributed by atoms with Gasteiger partial charge in [0.15, 0.2) is 5.78 Å². The molecular formula is C26H28Cl2N2O. The Bertz CT molecular complexity index is 984. The first-order chi connectivity index (χ1) is 14.7. The lowest BCUT2D eigenvalue weighted by molar-refractivity contribution is 0.103. The van der Waals surface area contributed by atoms with Gasteiger partial charge in [-0.2, -0.15) is 0 Å². The van der Waals surface area contributed by atoms with Crippen molar-refractivity contribution in [2.45, 2.75) is 25.7 Å². The summed E-state index contributed by atoms with van der Waals surface area (Å²) in [6.45, 7) is 3.59. The smallest absolute Gasteiger partial charge is 0.195 e. The maximum atomic E-state index is 13.0. The molecule has 1 heterocycles. The van der Waals surface area contributed by atoms with Crippen LogP contribution in [0.15, 0.2) is 72.8 Å². The van der Waals surface area contributed by atoms with Gasteiger partial charge in [0.05, 0.1) is 0 Å². The topological polar surface area (TPSA) is 32.3 Å². The number of piperidine rings is 1. The lowest BCUT2D eigenvalue weighted by Gasteiger charge is -2.26. The molecule has 162 valence electrons. The van der Waals surface area contributed by atoms with Crippen LogP contribution in [0, 0.1) is 0 Å². The number of rotatable bonds is 7. The van der Waals surface area contributed by atoms with Gasteiger partial charge in [0.2, 0.25) is 0 Å². The van der Waals surface area contributed by atoms with Crippen molar-refractivity contribution in [1.29, 1.82) is 0 Å². The number of nitrogens with one attached hydrogen (secondary N) is 1. The molecule has 3 aromatic rings. The highest BCUT2D eigenvalue weighted by molar-refractivity contribution is 6.31. The number of benzene rings is 3. The summed E-state index contributed by atoms with van der Waals surface area (Å²) >= 11 is 6.19. The van der Waals surface area contributed by atoms with E-state index < -0.39 is 0 Å². The molecule has 31 heavy (non-hydrogen) atoms. The number of hydrogen-bond acceptors (Lipinski definition) is 3. The van der Waals surface area contributed by atoms with Gasteiger partial charge in [-0.15, -0.1) is 12.4 Å². The largest absolute Gasteiger partial charge is 0.355 e. The number of likely N-dealkylation sites (tertiary alicyclic amines) is 1. The van der Waals surface area contributed by atoms with Gasteiger partial charge >= 0.3 is 0 Å². The van der Waals surface area contributed by atoms with E-state index in [0.717, 1.165) is 24.3 Å². The van der Waals surface area contributed by atoms with E-state index in [4.69, 9.17) is 11.6 Å².